The minimum atomic E-state index is -3.68. The molecule has 1 unspecified atom stereocenters. The van der Waals surface area contributed by atoms with Crippen LogP contribution in [-0.2, 0) is 21.2 Å². The Kier molecular flexibility index (Phi) is 6.29. The number of nitrogens with one attached hydrogen (secondary N) is 1. The smallest absolute Gasteiger partial charge is 0.243 e. The molecule has 6 nitrogen and oxygen atoms in total. The molecule has 8 heteroatoms. The van der Waals surface area contributed by atoms with E-state index >= 15 is 0 Å². The number of carbonyl (C=O) groups excluding carboxylic acids is 1. The van der Waals surface area contributed by atoms with Crippen LogP contribution in [0.15, 0.2) is 47.4 Å². The molecule has 1 amide bonds. The molecule has 0 spiro atoms. The summed E-state index contributed by atoms with van der Waals surface area (Å²) in [7, 11) is -2.03. The number of nitrogens with zero attached hydrogens (tertiary/aromatic N) is 1. The highest BCUT2D eigenvalue weighted by Gasteiger charge is 2.33. The maximum absolute atomic E-state index is 13.1. The fraction of sp³-hybridized carbons (Fsp3) is 0.435. The SMILES string of the molecule is COc1ccc2c(c1)CCCC2NC(=O)C1CCN(S(=O)(=O)c2ccc(F)cc2)CC1. The number of amides is 1. The lowest BCUT2D eigenvalue weighted by molar-refractivity contribution is -0.127. The number of ether oxygens (including phenoxy) is 1. The van der Waals surface area contributed by atoms with Crippen molar-refractivity contribution in [3.63, 3.8) is 0 Å². The van der Waals surface area contributed by atoms with Gasteiger partial charge in [0.15, 0.2) is 0 Å². The summed E-state index contributed by atoms with van der Waals surface area (Å²) < 4.78 is 45.4. The third-order valence-electron chi connectivity index (χ3n) is 6.26. The molecule has 4 rings (SSSR count). The van der Waals surface area contributed by atoms with E-state index in [0.29, 0.717) is 12.8 Å². The quantitative estimate of drug-likeness (QED) is 0.764. The molecule has 2 aromatic carbocycles. The molecule has 0 bridgehead atoms. The van der Waals surface area contributed by atoms with Gasteiger partial charge >= 0.3 is 0 Å². The third-order valence-corrected chi connectivity index (χ3v) is 8.17. The lowest BCUT2D eigenvalue weighted by Crippen LogP contribution is -2.44. The van der Waals surface area contributed by atoms with Crippen LogP contribution in [0.1, 0.15) is 42.9 Å². The molecule has 1 aliphatic heterocycles. The van der Waals surface area contributed by atoms with Crippen molar-refractivity contribution >= 4 is 15.9 Å². The Labute approximate surface area is 182 Å². The zero-order valence-corrected chi connectivity index (χ0v) is 18.3. The number of sulfonamides is 1. The van der Waals surface area contributed by atoms with E-state index < -0.39 is 15.8 Å². The minimum Gasteiger partial charge on any atom is -0.497 e. The van der Waals surface area contributed by atoms with Crippen LogP contribution in [0.2, 0.25) is 0 Å². The second-order valence-corrected chi connectivity index (χ2v) is 10.1. The molecule has 31 heavy (non-hydrogen) atoms. The zero-order valence-electron chi connectivity index (χ0n) is 17.5. The van der Waals surface area contributed by atoms with E-state index in [1.807, 2.05) is 18.2 Å². The number of benzene rings is 2. The summed E-state index contributed by atoms with van der Waals surface area (Å²) in [6, 6.07) is 10.8. The number of hydrogen-bond donors (Lipinski definition) is 1. The van der Waals surface area contributed by atoms with Gasteiger partial charge in [0.25, 0.3) is 0 Å². The predicted molar refractivity (Wildman–Crippen MR) is 115 cm³/mol. The van der Waals surface area contributed by atoms with Crippen molar-refractivity contribution in [2.24, 2.45) is 5.92 Å². The largest absolute Gasteiger partial charge is 0.497 e. The molecular weight excluding hydrogens is 419 g/mol. The van der Waals surface area contributed by atoms with Gasteiger partial charge < -0.3 is 10.1 Å². The Morgan fingerprint density at radius 1 is 1.10 bits per heavy atom. The monoisotopic (exact) mass is 446 g/mol. The highest BCUT2D eigenvalue weighted by molar-refractivity contribution is 7.89. The van der Waals surface area contributed by atoms with Gasteiger partial charge in [0.05, 0.1) is 18.0 Å². The first-order valence-electron chi connectivity index (χ1n) is 10.6. The Morgan fingerprint density at radius 2 is 1.81 bits per heavy atom. The summed E-state index contributed by atoms with van der Waals surface area (Å²) in [5.74, 6) is 0.105. The molecule has 166 valence electrons. The van der Waals surface area contributed by atoms with E-state index in [0.717, 1.165) is 42.7 Å². The van der Waals surface area contributed by atoms with Crippen molar-refractivity contribution in [1.82, 2.24) is 9.62 Å². The number of hydrogen-bond acceptors (Lipinski definition) is 4. The van der Waals surface area contributed by atoms with Crippen LogP contribution in [-0.4, -0.2) is 38.8 Å². The van der Waals surface area contributed by atoms with Gasteiger partial charge in [-0.15, -0.1) is 0 Å². The van der Waals surface area contributed by atoms with Crippen molar-refractivity contribution in [3.05, 3.63) is 59.4 Å². The molecule has 1 saturated heterocycles. The van der Waals surface area contributed by atoms with Crippen molar-refractivity contribution in [2.75, 3.05) is 20.2 Å². The van der Waals surface area contributed by atoms with Gasteiger partial charge in [0.1, 0.15) is 11.6 Å². The Balaban J connectivity index is 1.38. The summed E-state index contributed by atoms with van der Waals surface area (Å²) in [6.07, 6.45) is 3.80. The van der Waals surface area contributed by atoms with E-state index in [2.05, 4.69) is 5.32 Å². The molecule has 0 aromatic heterocycles. The lowest BCUT2D eigenvalue weighted by Gasteiger charge is -2.32. The fourth-order valence-electron chi connectivity index (χ4n) is 4.47. The van der Waals surface area contributed by atoms with Gasteiger partial charge in [-0.3, -0.25) is 4.79 Å². The second kappa shape index (κ2) is 8.96. The standard InChI is InChI=1S/C23H27FN2O4S/c1-30-19-7-10-21-17(15-19)3-2-4-22(21)25-23(27)16-11-13-26(14-12-16)31(28,29)20-8-5-18(24)6-9-20/h5-10,15-16,22H,2-4,11-14H2,1H3,(H,25,27). The minimum absolute atomic E-state index is 0.0208. The van der Waals surface area contributed by atoms with E-state index in [-0.39, 0.29) is 35.9 Å². The summed E-state index contributed by atoms with van der Waals surface area (Å²) in [6.45, 7) is 0.548. The van der Waals surface area contributed by atoms with Gasteiger partial charge in [0, 0.05) is 19.0 Å². The van der Waals surface area contributed by atoms with Gasteiger partial charge in [-0.2, -0.15) is 4.31 Å². The van der Waals surface area contributed by atoms with E-state index in [1.165, 1.54) is 22.0 Å². The summed E-state index contributed by atoms with van der Waals surface area (Å²) in [4.78, 5) is 13.0. The van der Waals surface area contributed by atoms with Gasteiger partial charge in [-0.05, 0) is 79.6 Å². The number of methoxy groups -OCH3 is 1. The maximum atomic E-state index is 13.1. The van der Waals surface area contributed by atoms with Crippen LogP contribution in [0.4, 0.5) is 4.39 Å². The number of fused-ring (bicyclic) bond motifs is 1. The van der Waals surface area contributed by atoms with E-state index in [1.54, 1.807) is 7.11 Å². The van der Waals surface area contributed by atoms with Gasteiger partial charge in [-0.1, -0.05) is 6.07 Å². The molecular formula is C23H27FN2O4S. The molecule has 1 atom stereocenters. The highest BCUT2D eigenvalue weighted by atomic mass is 32.2. The first-order valence-corrected chi connectivity index (χ1v) is 12.1. The maximum Gasteiger partial charge on any atom is 0.243 e. The van der Waals surface area contributed by atoms with Crippen LogP contribution in [0.3, 0.4) is 0 Å². The Bertz CT molecular complexity index is 1050. The fourth-order valence-corrected chi connectivity index (χ4v) is 5.94. The molecule has 0 radical (unpaired) electrons. The van der Waals surface area contributed by atoms with Gasteiger partial charge in [0.2, 0.25) is 15.9 Å². The average molecular weight is 447 g/mol. The van der Waals surface area contributed by atoms with Crippen LogP contribution >= 0.6 is 0 Å². The van der Waals surface area contributed by atoms with Crippen molar-refractivity contribution in [2.45, 2.75) is 43.0 Å². The molecule has 2 aliphatic rings. The zero-order chi connectivity index (χ0) is 22.0. The highest BCUT2D eigenvalue weighted by Crippen LogP contribution is 2.33. The number of aryl methyl sites for hydroxylation is 1. The average Bonchev–Trinajstić information content (AvgIpc) is 2.79. The topological polar surface area (TPSA) is 75.7 Å². The third kappa shape index (κ3) is 4.60. The van der Waals surface area contributed by atoms with E-state index in [4.69, 9.17) is 4.74 Å². The first kappa shape index (κ1) is 21.8. The van der Waals surface area contributed by atoms with Crippen LogP contribution in [0.25, 0.3) is 0 Å². The molecule has 1 fully saturated rings. The number of carbonyl (C=O) groups is 1. The van der Waals surface area contributed by atoms with E-state index in [9.17, 15) is 17.6 Å². The number of rotatable bonds is 5. The Morgan fingerprint density at radius 3 is 2.48 bits per heavy atom. The van der Waals surface area contributed by atoms with Crippen LogP contribution in [0.5, 0.6) is 5.75 Å². The summed E-state index contributed by atoms with van der Waals surface area (Å²) in [5.41, 5.74) is 2.34. The summed E-state index contributed by atoms with van der Waals surface area (Å²) in [5, 5.41) is 3.18. The molecule has 2 aromatic rings. The number of piperidine rings is 1. The second-order valence-electron chi connectivity index (χ2n) is 8.15. The number of halogens is 1. The van der Waals surface area contributed by atoms with Crippen molar-refractivity contribution < 1.29 is 22.3 Å². The lowest BCUT2D eigenvalue weighted by atomic mass is 9.86. The molecule has 0 saturated carbocycles. The molecule has 1 heterocycles. The summed E-state index contributed by atoms with van der Waals surface area (Å²) >= 11 is 0. The predicted octanol–water partition coefficient (Wildman–Crippen LogP) is 3.43. The Hall–Kier alpha value is -2.45. The van der Waals surface area contributed by atoms with Gasteiger partial charge in [-0.25, -0.2) is 12.8 Å². The molecule has 1 N–H and O–H groups in total. The van der Waals surface area contributed by atoms with Crippen LogP contribution < -0.4 is 10.1 Å². The first-order chi connectivity index (χ1) is 14.9. The normalized spacial score (nSPS) is 20.1. The molecule has 1 aliphatic carbocycles. The van der Waals surface area contributed by atoms with Crippen molar-refractivity contribution in [1.29, 1.82) is 0 Å². The van der Waals surface area contributed by atoms with Crippen molar-refractivity contribution in [3.8, 4) is 5.75 Å². The van der Waals surface area contributed by atoms with Crippen LogP contribution in [0, 0.1) is 11.7 Å².